The highest BCUT2D eigenvalue weighted by molar-refractivity contribution is 5.54. The van der Waals surface area contributed by atoms with Crippen molar-refractivity contribution in [2.24, 2.45) is 0 Å². The molecule has 68 valence electrons. The smallest absolute Gasteiger partial charge is 0.0456 e. The first-order valence-corrected chi connectivity index (χ1v) is 4.39. The van der Waals surface area contributed by atoms with E-state index in [9.17, 15) is 0 Å². The molecule has 0 bridgehead atoms. The Labute approximate surface area is 78.8 Å². The molecule has 13 heavy (non-hydrogen) atoms. The average Bonchev–Trinajstić information content (AvgIpc) is 2.61. The summed E-state index contributed by atoms with van der Waals surface area (Å²) < 4.78 is 0. The van der Waals surface area contributed by atoms with Crippen molar-refractivity contribution in [2.75, 3.05) is 0 Å². The molecule has 0 saturated carbocycles. The van der Waals surface area contributed by atoms with Crippen molar-refractivity contribution < 1.29 is 0 Å². The number of aromatic nitrogens is 1. The van der Waals surface area contributed by atoms with Gasteiger partial charge in [-0.05, 0) is 31.6 Å². The Morgan fingerprint density at radius 1 is 1.54 bits per heavy atom. The number of rotatable bonds is 2. The Morgan fingerprint density at radius 2 is 2.31 bits per heavy atom. The van der Waals surface area contributed by atoms with Gasteiger partial charge < -0.3 is 4.98 Å². The Bertz CT molecular complexity index is 418. The topological polar surface area (TPSA) is 15.8 Å². The largest absolute Gasteiger partial charge is 0.361 e. The van der Waals surface area contributed by atoms with Crippen molar-refractivity contribution >= 4 is 11.6 Å². The zero-order chi connectivity index (χ0) is 9.68. The zero-order valence-electron chi connectivity index (χ0n) is 8.17. The predicted octanol–water partition coefficient (Wildman–Crippen LogP) is 1.73. The standard InChI is InChI=1S/C12H15N/c1-4-6-7-12-11(8-9-13-12)10(3)5-2/h4-9,13H,2H2,1,3H3/b6-4-,11-10-,12-7+. The van der Waals surface area contributed by atoms with Gasteiger partial charge in [0.1, 0.15) is 0 Å². The minimum atomic E-state index is 1.13. The predicted molar refractivity (Wildman–Crippen MR) is 58.6 cm³/mol. The van der Waals surface area contributed by atoms with E-state index in [1.54, 1.807) is 0 Å². The van der Waals surface area contributed by atoms with Gasteiger partial charge in [0.25, 0.3) is 0 Å². The van der Waals surface area contributed by atoms with Crippen LogP contribution in [0.15, 0.2) is 37.1 Å². The fourth-order valence-electron chi connectivity index (χ4n) is 1.17. The van der Waals surface area contributed by atoms with Crippen LogP contribution in [-0.2, 0) is 0 Å². The monoisotopic (exact) mass is 173 g/mol. The number of aromatic amines is 1. The van der Waals surface area contributed by atoms with Crippen LogP contribution in [0, 0.1) is 0 Å². The second-order valence-corrected chi connectivity index (χ2v) is 2.88. The molecule has 0 spiro atoms. The van der Waals surface area contributed by atoms with Crippen LogP contribution >= 0.6 is 0 Å². The number of hydrogen-bond donors (Lipinski definition) is 1. The normalized spacial score (nSPS) is 15.1. The maximum atomic E-state index is 3.76. The van der Waals surface area contributed by atoms with Gasteiger partial charge in [-0.25, -0.2) is 0 Å². The van der Waals surface area contributed by atoms with Crippen molar-refractivity contribution in [3.63, 3.8) is 0 Å². The van der Waals surface area contributed by atoms with Gasteiger partial charge in [-0.15, -0.1) is 0 Å². The van der Waals surface area contributed by atoms with Crippen molar-refractivity contribution in [2.45, 2.75) is 13.8 Å². The van der Waals surface area contributed by atoms with Gasteiger partial charge in [-0.2, -0.15) is 0 Å². The molecular formula is C12H15N. The van der Waals surface area contributed by atoms with Gasteiger partial charge in [0, 0.05) is 16.8 Å². The molecule has 0 aliphatic heterocycles. The van der Waals surface area contributed by atoms with E-state index in [0.717, 1.165) is 5.35 Å². The van der Waals surface area contributed by atoms with Crippen molar-refractivity contribution in [1.82, 2.24) is 4.98 Å². The van der Waals surface area contributed by atoms with Gasteiger partial charge >= 0.3 is 0 Å². The molecule has 1 nitrogen and oxygen atoms in total. The van der Waals surface area contributed by atoms with Crippen LogP contribution in [-0.4, -0.2) is 4.98 Å². The minimum Gasteiger partial charge on any atom is -0.361 e. The fraction of sp³-hybridized carbons (Fsp3) is 0.167. The average molecular weight is 173 g/mol. The molecule has 0 fully saturated rings. The van der Waals surface area contributed by atoms with E-state index in [2.05, 4.69) is 30.6 Å². The molecule has 0 radical (unpaired) electrons. The zero-order valence-corrected chi connectivity index (χ0v) is 8.17. The highest BCUT2D eigenvalue weighted by atomic mass is 14.6. The minimum absolute atomic E-state index is 1.13. The molecule has 1 rings (SSSR count). The van der Waals surface area contributed by atoms with Crippen LogP contribution in [0.5, 0.6) is 0 Å². The van der Waals surface area contributed by atoms with E-state index < -0.39 is 0 Å². The summed E-state index contributed by atoms with van der Waals surface area (Å²) in [5.41, 5.74) is 1.19. The molecule has 0 aromatic carbocycles. The van der Waals surface area contributed by atoms with E-state index in [0.29, 0.717) is 0 Å². The third-order valence-electron chi connectivity index (χ3n) is 1.97. The van der Waals surface area contributed by atoms with Crippen LogP contribution in [0.3, 0.4) is 0 Å². The summed E-state index contributed by atoms with van der Waals surface area (Å²) in [6, 6.07) is 2.06. The number of nitrogens with one attached hydrogen (secondary N) is 1. The van der Waals surface area contributed by atoms with Crippen molar-refractivity contribution in [3.05, 3.63) is 47.6 Å². The highest BCUT2D eigenvalue weighted by Crippen LogP contribution is 1.87. The second-order valence-electron chi connectivity index (χ2n) is 2.88. The Hall–Kier alpha value is -1.50. The Balaban J connectivity index is 3.41. The van der Waals surface area contributed by atoms with Crippen molar-refractivity contribution in [1.29, 1.82) is 0 Å². The maximum absolute atomic E-state index is 3.76. The van der Waals surface area contributed by atoms with E-state index in [1.165, 1.54) is 10.8 Å². The van der Waals surface area contributed by atoms with Crippen molar-refractivity contribution in [3.8, 4) is 0 Å². The molecule has 1 N–H and O–H groups in total. The van der Waals surface area contributed by atoms with E-state index in [1.807, 2.05) is 31.3 Å². The molecule has 0 aliphatic carbocycles. The summed E-state index contributed by atoms with van der Waals surface area (Å²) in [6.45, 7) is 7.82. The maximum Gasteiger partial charge on any atom is 0.0456 e. The van der Waals surface area contributed by atoms with Crippen LogP contribution in [0.2, 0.25) is 0 Å². The lowest BCUT2D eigenvalue weighted by atomic mass is 10.2. The molecule has 0 saturated heterocycles. The number of H-pyrrole nitrogens is 1. The van der Waals surface area contributed by atoms with Gasteiger partial charge in [0.05, 0.1) is 0 Å². The van der Waals surface area contributed by atoms with Gasteiger partial charge in [0.15, 0.2) is 0 Å². The lowest BCUT2D eigenvalue weighted by Crippen LogP contribution is -2.23. The number of allylic oxidation sites excluding steroid dienone is 3. The van der Waals surface area contributed by atoms with Crippen LogP contribution in [0.25, 0.3) is 11.6 Å². The second kappa shape index (κ2) is 4.51. The van der Waals surface area contributed by atoms with Gasteiger partial charge in [-0.3, -0.25) is 0 Å². The molecule has 0 unspecified atom stereocenters. The first kappa shape index (κ1) is 9.59. The van der Waals surface area contributed by atoms with E-state index >= 15 is 0 Å². The third kappa shape index (κ3) is 2.22. The van der Waals surface area contributed by atoms with Crippen LogP contribution < -0.4 is 10.6 Å². The first-order chi connectivity index (χ1) is 6.29. The van der Waals surface area contributed by atoms with E-state index in [-0.39, 0.29) is 0 Å². The van der Waals surface area contributed by atoms with Crippen LogP contribution in [0.1, 0.15) is 13.8 Å². The lowest BCUT2D eigenvalue weighted by molar-refractivity contribution is 1.31. The third-order valence-corrected chi connectivity index (χ3v) is 1.97. The van der Waals surface area contributed by atoms with E-state index in [4.69, 9.17) is 0 Å². The fourth-order valence-corrected chi connectivity index (χ4v) is 1.17. The lowest BCUT2D eigenvalue weighted by Gasteiger charge is -1.86. The summed E-state index contributed by atoms with van der Waals surface area (Å²) in [7, 11) is 0. The number of hydrogen-bond acceptors (Lipinski definition) is 0. The summed E-state index contributed by atoms with van der Waals surface area (Å²) >= 11 is 0. The summed E-state index contributed by atoms with van der Waals surface area (Å²) in [4.78, 5) is 3.18. The Kier molecular flexibility index (Phi) is 3.32. The molecule has 1 heterocycles. The molecule has 1 heteroatoms. The summed E-state index contributed by atoms with van der Waals surface area (Å²) in [5.74, 6) is 0. The van der Waals surface area contributed by atoms with Gasteiger partial charge in [0.2, 0.25) is 0 Å². The van der Waals surface area contributed by atoms with Gasteiger partial charge in [-0.1, -0.05) is 24.8 Å². The molecular weight excluding hydrogens is 158 g/mol. The Morgan fingerprint density at radius 3 is 2.92 bits per heavy atom. The molecule has 1 aromatic rings. The SMILES string of the molecule is C=C/C(C)=c1/cc[nH]/c1=C/C=C\C. The molecule has 1 aromatic heterocycles. The van der Waals surface area contributed by atoms with Crippen LogP contribution in [0.4, 0.5) is 0 Å². The highest BCUT2D eigenvalue weighted by Gasteiger charge is 1.87. The first-order valence-electron chi connectivity index (χ1n) is 4.39. The molecule has 0 aliphatic rings. The molecule has 0 atom stereocenters. The summed E-state index contributed by atoms with van der Waals surface area (Å²) in [5, 5.41) is 2.35. The quantitative estimate of drug-likeness (QED) is 0.701. The molecule has 0 amide bonds. The summed E-state index contributed by atoms with van der Waals surface area (Å²) in [6.07, 6.45) is 9.90.